The van der Waals surface area contributed by atoms with Crippen molar-refractivity contribution in [1.29, 1.82) is 0 Å². The second kappa shape index (κ2) is 6.36. The van der Waals surface area contributed by atoms with Gasteiger partial charge in [0, 0.05) is 32.6 Å². The van der Waals surface area contributed by atoms with Crippen LogP contribution in [0.25, 0.3) is 0 Å². The van der Waals surface area contributed by atoms with Gasteiger partial charge in [0.1, 0.15) is 5.82 Å². The molecular formula is C12H22N6O2. The van der Waals surface area contributed by atoms with Crippen LogP contribution in [0.4, 0.5) is 4.79 Å². The molecule has 0 atom stereocenters. The van der Waals surface area contributed by atoms with Crippen molar-refractivity contribution < 1.29 is 9.59 Å². The molecule has 0 spiro atoms. The number of H-pyrrole nitrogens is 1. The highest BCUT2D eigenvalue weighted by atomic mass is 16.2. The quantitative estimate of drug-likeness (QED) is 0.682. The Kier molecular flexibility index (Phi) is 5.06. The molecule has 20 heavy (non-hydrogen) atoms. The van der Waals surface area contributed by atoms with E-state index in [1.54, 1.807) is 14.1 Å². The maximum Gasteiger partial charge on any atom is 0.316 e. The van der Waals surface area contributed by atoms with Gasteiger partial charge in [0.2, 0.25) is 5.82 Å². The van der Waals surface area contributed by atoms with Crippen molar-refractivity contribution in [2.45, 2.75) is 26.2 Å². The first-order valence-corrected chi connectivity index (χ1v) is 6.38. The molecule has 8 heteroatoms. The molecule has 3 N–H and O–H groups in total. The lowest BCUT2D eigenvalue weighted by atomic mass is 9.96. The Morgan fingerprint density at radius 3 is 2.30 bits per heavy atom. The zero-order chi connectivity index (χ0) is 15.3. The molecule has 0 bridgehead atoms. The van der Waals surface area contributed by atoms with Crippen molar-refractivity contribution in [2.75, 3.05) is 27.2 Å². The van der Waals surface area contributed by atoms with E-state index in [1.807, 2.05) is 20.8 Å². The van der Waals surface area contributed by atoms with Crippen molar-refractivity contribution in [3.05, 3.63) is 11.6 Å². The molecular weight excluding hydrogens is 260 g/mol. The fraction of sp³-hybridized carbons (Fsp3) is 0.667. The lowest BCUT2D eigenvalue weighted by Gasteiger charge is -2.13. The Morgan fingerprint density at radius 2 is 1.80 bits per heavy atom. The summed E-state index contributed by atoms with van der Waals surface area (Å²) in [5, 5.41) is 11.9. The van der Waals surface area contributed by atoms with Gasteiger partial charge in [-0.3, -0.25) is 9.89 Å². The van der Waals surface area contributed by atoms with Gasteiger partial charge in [0.25, 0.3) is 5.91 Å². The summed E-state index contributed by atoms with van der Waals surface area (Å²) in [4.78, 5) is 28.6. The predicted octanol–water partition coefficient (Wildman–Crippen LogP) is 0.103. The van der Waals surface area contributed by atoms with Crippen molar-refractivity contribution in [3.63, 3.8) is 0 Å². The molecule has 3 amide bonds. The maximum atomic E-state index is 11.8. The topological polar surface area (TPSA) is 103 Å². The van der Waals surface area contributed by atoms with E-state index >= 15 is 0 Å². The van der Waals surface area contributed by atoms with Gasteiger partial charge in [0.15, 0.2) is 0 Å². The molecule has 0 aliphatic heterocycles. The number of urea groups is 1. The number of hydrogen-bond donors (Lipinski definition) is 3. The van der Waals surface area contributed by atoms with Crippen molar-refractivity contribution in [3.8, 4) is 0 Å². The minimum Gasteiger partial charge on any atom is -0.347 e. The molecule has 1 aromatic rings. The smallest absolute Gasteiger partial charge is 0.316 e. The van der Waals surface area contributed by atoms with Gasteiger partial charge in [-0.25, -0.2) is 9.78 Å². The number of carbonyl (C=O) groups is 2. The second-order valence-corrected chi connectivity index (χ2v) is 5.64. The molecule has 1 aromatic heterocycles. The fourth-order valence-corrected chi connectivity index (χ4v) is 1.28. The molecule has 0 aliphatic carbocycles. The van der Waals surface area contributed by atoms with Gasteiger partial charge in [-0.1, -0.05) is 20.8 Å². The third-order valence-electron chi connectivity index (χ3n) is 2.49. The van der Waals surface area contributed by atoms with E-state index in [0.29, 0.717) is 18.9 Å². The van der Waals surface area contributed by atoms with Crippen LogP contribution in [0.5, 0.6) is 0 Å². The van der Waals surface area contributed by atoms with E-state index in [1.165, 1.54) is 4.90 Å². The predicted molar refractivity (Wildman–Crippen MR) is 74.5 cm³/mol. The zero-order valence-corrected chi connectivity index (χ0v) is 12.6. The molecule has 1 heterocycles. The van der Waals surface area contributed by atoms with Crippen LogP contribution in [0.2, 0.25) is 0 Å². The number of nitrogens with one attached hydrogen (secondary N) is 3. The summed E-state index contributed by atoms with van der Waals surface area (Å²) in [6, 6.07) is -0.202. The van der Waals surface area contributed by atoms with E-state index in [0.717, 1.165) is 0 Å². The van der Waals surface area contributed by atoms with E-state index < -0.39 is 0 Å². The normalized spacial score (nSPS) is 11.1. The first-order valence-electron chi connectivity index (χ1n) is 6.38. The second-order valence-electron chi connectivity index (χ2n) is 5.64. The molecule has 0 saturated heterocycles. The minimum atomic E-state index is -0.365. The summed E-state index contributed by atoms with van der Waals surface area (Å²) < 4.78 is 0. The van der Waals surface area contributed by atoms with E-state index in [9.17, 15) is 9.59 Å². The SMILES string of the molecule is CN(C)C(=O)NCCNC(=O)c1n[nH]c(C(C)(C)C)n1. The Labute approximate surface area is 118 Å². The van der Waals surface area contributed by atoms with Crippen molar-refractivity contribution >= 4 is 11.9 Å². The summed E-state index contributed by atoms with van der Waals surface area (Å²) >= 11 is 0. The number of aromatic amines is 1. The fourth-order valence-electron chi connectivity index (χ4n) is 1.28. The lowest BCUT2D eigenvalue weighted by Crippen LogP contribution is -2.39. The van der Waals surface area contributed by atoms with Gasteiger partial charge >= 0.3 is 6.03 Å². The summed E-state index contributed by atoms with van der Waals surface area (Å²) in [6.45, 7) is 6.60. The number of aromatic nitrogens is 3. The van der Waals surface area contributed by atoms with Crippen LogP contribution in [-0.2, 0) is 5.41 Å². The van der Waals surface area contributed by atoms with E-state index in [2.05, 4.69) is 25.8 Å². The van der Waals surface area contributed by atoms with Crippen molar-refractivity contribution in [2.24, 2.45) is 0 Å². The van der Waals surface area contributed by atoms with E-state index in [-0.39, 0.29) is 23.2 Å². The molecule has 0 saturated carbocycles. The number of amides is 3. The van der Waals surface area contributed by atoms with Crippen LogP contribution in [0.15, 0.2) is 0 Å². The number of nitrogens with zero attached hydrogens (tertiary/aromatic N) is 3. The summed E-state index contributed by atoms with van der Waals surface area (Å²) in [6.07, 6.45) is 0. The van der Waals surface area contributed by atoms with Gasteiger partial charge in [-0.05, 0) is 0 Å². The maximum absolute atomic E-state index is 11.8. The van der Waals surface area contributed by atoms with Crippen LogP contribution in [0.3, 0.4) is 0 Å². The van der Waals surface area contributed by atoms with Crippen LogP contribution >= 0.6 is 0 Å². The first kappa shape index (κ1) is 15.9. The van der Waals surface area contributed by atoms with Gasteiger partial charge in [0.05, 0.1) is 0 Å². The van der Waals surface area contributed by atoms with E-state index in [4.69, 9.17) is 0 Å². The van der Waals surface area contributed by atoms with Gasteiger partial charge < -0.3 is 15.5 Å². The zero-order valence-electron chi connectivity index (χ0n) is 12.6. The highest BCUT2D eigenvalue weighted by Crippen LogP contribution is 2.17. The number of hydrogen-bond acceptors (Lipinski definition) is 4. The Bertz CT molecular complexity index is 475. The molecule has 0 fully saturated rings. The average molecular weight is 282 g/mol. The van der Waals surface area contributed by atoms with Crippen LogP contribution in [-0.4, -0.2) is 59.2 Å². The highest BCUT2D eigenvalue weighted by molar-refractivity contribution is 5.90. The molecule has 1 rings (SSSR count). The Balaban J connectivity index is 2.40. The highest BCUT2D eigenvalue weighted by Gasteiger charge is 2.21. The summed E-state index contributed by atoms with van der Waals surface area (Å²) in [5.41, 5.74) is -0.189. The lowest BCUT2D eigenvalue weighted by molar-refractivity contribution is 0.0943. The largest absolute Gasteiger partial charge is 0.347 e. The molecule has 0 radical (unpaired) electrons. The Hall–Kier alpha value is -2.12. The third-order valence-corrected chi connectivity index (χ3v) is 2.49. The van der Waals surface area contributed by atoms with Crippen LogP contribution < -0.4 is 10.6 Å². The molecule has 8 nitrogen and oxygen atoms in total. The average Bonchev–Trinajstić information content (AvgIpc) is 2.83. The number of rotatable bonds is 4. The molecule has 0 aromatic carbocycles. The monoisotopic (exact) mass is 282 g/mol. The summed E-state index contributed by atoms with van der Waals surface area (Å²) in [7, 11) is 3.30. The van der Waals surface area contributed by atoms with Gasteiger partial charge in [-0.15, -0.1) is 5.10 Å². The van der Waals surface area contributed by atoms with Crippen LogP contribution in [0, 0.1) is 0 Å². The molecule has 112 valence electrons. The first-order chi connectivity index (χ1) is 9.21. The number of carbonyl (C=O) groups excluding carboxylic acids is 2. The van der Waals surface area contributed by atoms with Crippen LogP contribution in [0.1, 0.15) is 37.2 Å². The minimum absolute atomic E-state index is 0.105. The summed E-state index contributed by atoms with van der Waals surface area (Å²) in [5.74, 6) is 0.397. The molecule has 0 aliphatic rings. The Morgan fingerprint density at radius 1 is 1.20 bits per heavy atom. The third kappa shape index (κ3) is 4.52. The standard InChI is InChI=1S/C12H22N6O2/c1-12(2,3)10-15-8(16-17-10)9(19)13-6-7-14-11(20)18(4)5/h6-7H2,1-5H3,(H,13,19)(H,14,20)(H,15,16,17). The van der Waals surface area contributed by atoms with Crippen molar-refractivity contribution in [1.82, 2.24) is 30.7 Å². The molecule has 0 unspecified atom stereocenters. The van der Waals surface area contributed by atoms with Gasteiger partial charge in [-0.2, -0.15) is 0 Å².